The third kappa shape index (κ3) is 5.15. The number of aromatic nitrogens is 5. The Morgan fingerprint density at radius 3 is 1.75 bits per heavy atom. The lowest BCUT2D eigenvalue weighted by atomic mass is 10.1. The number of hydrogen-bond acceptors (Lipinski definition) is 8. The lowest BCUT2D eigenvalue weighted by molar-refractivity contribution is 0.415. The number of hydrogen-bond donors (Lipinski definition) is 0. The molecule has 0 aliphatic heterocycles. The third-order valence-corrected chi connectivity index (χ3v) is 12.8. The summed E-state index contributed by atoms with van der Waals surface area (Å²) in [6.45, 7) is 3.78. The van der Waals surface area contributed by atoms with E-state index in [9.17, 15) is 16.8 Å². The zero-order chi connectivity index (χ0) is 36.5. The minimum atomic E-state index is -4.24. The summed E-state index contributed by atoms with van der Waals surface area (Å²) < 4.78 is 73.2. The maximum absolute atomic E-state index is 14.7. The van der Waals surface area contributed by atoms with E-state index >= 15 is 0 Å². The van der Waals surface area contributed by atoms with Crippen molar-refractivity contribution in [2.45, 2.75) is 23.6 Å². The first-order valence-electron chi connectivity index (χ1n) is 16.3. The molecule has 0 spiro atoms. The fourth-order valence-electron chi connectivity index (χ4n) is 6.67. The van der Waals surface area contributed by atoms with Crippen LogP contribution in [0.25, 0.3) is 55.4 Å². The maximum Gasteiger partial charge on any atom is 0.269 e. The number of ether oxygens (including phenoxy) is 2. The zero-order valence-corrected chi connectivity index (χ0v) is 30.5. The van der Waals surface area contributed by atoms with Gasteiger partial charge in [0, 0.05) is 52.2 Å². The van der Waals surface area contributed by atoms with E-state index in [2.05, 4.69) is 9.97 Å². The van der Waals surface area contributed by atoms with Crippen LogP contribution in [0.2, 0.25) is 0 Å². The van der Waals surface area contributed by atoms with E-state index in [0.29, 0.717) is 50.3 Å². The Hall–Kier alpha value is -5.92. The van der Waals surface area contributed by atoms with Crippen molar-refractivity contribution < 1.29 is 26.3 Å². The predicted octanol–water partition coefficient (Wildman–Crippen LogP) is 7.32. The normalized spacial score (nSPS) is 12.2. The van der Waals surface area contributed by atoms with Gasteiger partial charge in [-0.05, 0) is 80.6 Å². The molecule has 4 aromatic heterocycles. The molecule has 0 atom stereocenters. The standard InChI is InChI=1S/C39H33N5O6S2/c1-24-6-12-28(13-7-24)51(45,46)43-22-34(31-19-27(50-5)11-17-36(31)43)38-32-20-37(33-21-42(3)35-16-10-26(49-4)18-30(33)35)44(39(32)41-23-40-38)52(47,48)29-14-8-25(2)9-15-29/h6-23H,1-5H3. The molecule has 262 valence electrons. The fraction of sp³-hybridized carbons (Fsp3) is 0.128. The Balaban J connectivity index is 1.46. The number of methoxy groups -OCH3 is 2. The molecule has 13 heteroatoms. The summed E-state index contributed by atoms with van der Waals surface area (Å²) in [6.07, 6.45) is 4.69. The number of fused-ring (bicyclic) bond motifs is 3. The van der Waals surface area contributed by atoms with E-state index in [4.69, 9.17) is 9.47 Å². The quantitative estimate of drug-likeness (QED) is 0.159. The summed E-state index contributed by atoms with van der Waals surface area (Å²) in [5, 5.41) is 1.72. The van der Waals surface area contributed by atoms with Crippen LogP contribution in [-0.2, 0) is 27.1 Å². The highest BCUT2D eigenvalue weighted by Gasteiger charge is 2.30. The summed E-state index contributed by atoms with van der Waals surface area (Å²) >= 11 is 0. The molecule has 0 saturated carbocycles. The summed E-state index contributed by atoms with van der Waals surface area (Å²) in [6, 6.07) is 25.8. The molecular formula is C39H33N5O6S2. The van der Waals surface area contributed by atoms with Gasteiger partial charge in [-0.2, -0.15) is 0 Å². The minimum Gasteiger partial charge on any atom is -0.497 e. The van der Waals surface area contributed by atoms with Crippen LogP contribution in [0.4, 0.5) is 0 Å². The van der Waals surface area contributed by atoms with Crippen molar-refractivity contribution in [1.82, 2.24) is 22.5 Å². The van der Waals surface area contributed by atoms with E-state index in [-0.39, 0.29) is 15.4 Å². The molecule has 8 rings (SSSR count). The Labute approximate surface area is 300 Å². The first-order valence-corrected chi connectivity index (χ1v) is 19.1. The SMILES string of the molecule is COc1ccc2c(c1)c(-c1cc3c(-c4cn(S(=O)(=O)c5ccc(C)cc5)c5ccc(OC)cc45)ncnc3n1S(=O)(=O)c1ccc(C)cc1)cn2C. The monoisotopic (exact) mass is 731 g/mol. The molecule has 0 amide bonds. The first kappa shape index (κ1) is 33.2. The summed E-state index contributed by atoms with van der Waals surface area (Å²) in [4.78, 5) is 9.44. The van der Waals surface area contributed by atoms with Gasteiger partial charge in [0.05, 0.1) is 40.9 Å². The van der Waals surface area contributed by atoms with Gasteiger partial charge in [0.25, 0.3) is 20.0 Å². The molecule has 0 saturated heterocycles. The van der Waals surface area contributed by atoms with E-state index in [1.807, 2.05) is 49.9 Å². The first-order chi connectivity index (χ1) is 24.9. The molecule has 4 heterocycles. The lowest BCUT2D eigenvalue weighted by Crippen LogP contribution is -2.15. The van der Waals surface area contributed by atoms with Crippen LogP contribution in [-0.4, -0.2) is 53.5 Å². The molecular weight excluding hydrogens is 699 g/mol. The molecule has 52 heavy (non-hydrogen) atoms. The number of aryl methyl sites for hydroxylation is 3. The van der Waals surface area contributed by atoms with Gasteiger partial charge in [0.15, 0.2) is 5.65 Å². The molecule has 0 fully saturated rings. The maximum atomic E-state index is 14.7. The zero-order valence-electron chi connectivity index (χ0n) is 28.9. The van der Waals surface area contributed by atoms with Gasteiger partial charge in [-0.15, -0.1) is 0 Å². The van der Waals surface area contributed by atoms with E-state index < -0.39 is 20.0 Å². The van der Waals surface area contributed by atoms with Gasteiger partial charge < -0.3 is 14.0 Å². The fourth-order valence-corrected chi connectivity index (χ4v) is 9.51. The van der Waals surface area contributed by atoms with Gasteiger partial charge in [0.2, 0.25) is 0 Å². The van der Waals surface area contributed by atoms with E-state index in [1.54, 1.807) is 79.9 Å². The van der Waals surface area contributed by atoms with Crippen LogP contribution in [0, 0.1) is 13.8 Å². The van der Waals surface area contributed by atoms with Crippen LogP contribution in [0.3, 0.4) is 0 Å². The molecule has 4 aromatic carbocycles. The van der Waals surface area contributed by atoms with Gasteiger partial charge >= 0.3 is 0 Å². The van der Waals surface area contributed by atoms with Crippen molar-refractivity contribution >= 4 is 52.9 Å². The second-order valence-electron chi connectivity index (χ2n) is 12.6. The average Bonchev–Trinajstić information content (AvgIpc) is 3.83. The number of nitrogens with zero attached hydrogens (tertiary/aromatic N) is 5. The lowest BCUT2D eigenvalue weighted by Gasteiger charge is -2.12. The molecule has 0 bridgehead atoms. The Morgan fingerprint density at radius 2 is 1.15 bits per heavy atom. The van der Waals surface area contributed by atoms with Gasteiger partial charge in [-0.25, -0.2) is 34.7 Å². The molecule has 11 nitrogen and oxygen atoms in total. The number of benzene rings is 4. The molecule has 0 radical (unpaired) electrons. The van der Waals surface area contributed by atoms with Crippen molar-refractivity contribution in [3.8, 4) is 34.0 Å². The topological polar surface area (TPSA) is 127 Å². The van der Waals surface area contributed by atoms with Crippen LogP contribution < -0.4 is 9.47 Å². The van der Waals surface area contributed by atoms with Crippen LogP contribution in [0.5, 0.6) is 11.5 Å². The largest absolute Gasteiger partial charge is 0.497 e. The number of rotatable bonds is 8. The summed E-state index contributed by atoms with van der Waals surface area (Å²) in [7, 11) is -3.30. The molecule has 0 aliphatic rings. The van der Waals surface area contributed by atoms with E-state index in [0.717, 1.165) is 22.0 Å². The van der Waals surface area contributed by atoms with Crippen molar-refractivity contribution in [3.05, 3.63) is 121 Å². The van der Waals surface area contributed by atoms with Gasteiger partial charge in [0.1, 0.15) is 17.8 Å². The van der Waals surface area contributed by atoms with Crippen molar-refractivity contribution in [2.75, 3.05) is 14.2 Å². The van der Waals surface area contributed by atoms with Crippen molar-refractivity contribution in [2.24, 2.45) is 7.05 Å². The summed E-state index contributed by atoms with van der Waals surface area (Å²) in [5.41, 5.74) is 5.01. The van der Waals surface area contributed by atoms with Crippen LogP contribution in [0.1, 0.15) is 11.1 Å². The third-order valence-electron chi connectivity index (χ3n) is 9.40. The highest BCUT2D eigenvalue weighted by atomic mass is 32.2. The molecule has 8 aromatic rings. The molecule has 0 unspecified atom stereocenters. The van der Waals surface area contributed by atoms with Crippen LogP contribution in [0.15, 0.2) is 120 Å². The van der Waals surface area contributed by atoms with Crippen molar-refractivity contribution in [3.63, 3.8) is 0 Å². The van der Waals surface area contributed by atoms with E-state index in [1.165, 1.54) is 27.6 Å². The Bertz CT molecular complexity index is 2920. The Morgan fingerprint density at radius 1 is 0.596 bits per heavy atom. The Kier molecular flexibility index (Phi) is 7.73. The minimum absolute atomic E-state index is 0.0837. The average molecular weight is 732 g/mol. The molecule has 0 N–H and O–H groups in total. The van der Waals surface area contributed by atoms with Crippen LogP contribution >= 0.6 is 0 Å². The summed E-state index contributed by atoms with van der Waals surface area (Å²) in [5.74, 6) is 1.12. The highest BCUT2D eigenvalue weighted by molar-refractivity contribution is 7.90. The highest BCUT2D eigenvalue weighted by Crippen LogP contribution is 2.42. The van der Waals surface area contributed by atoms with Crippen molar-refractivity contribution in [1.29, 1.82) is 0 Å². The van der Waals surface area contributed by atoms with Gasteiger partial charge in [-0.1, -0.05) is 35.4 Å². The molecule has 0 aliphatic carbocycles. The smallest absolute Gasteiger partial charge is 0.269 e. The predicted molar refractivity (Wildman–Crippen MR) is 201 cm³/mol. The second kappa shape index (κ2) is 12.1. The second-order valence-corrected chi connectivity index (χ2v) is 16.2. The van der Waals surface area contributed by atoms with Gasteiger partial charge in [-0.3, -0.25) is 0 Å².